The lowest BCUT2D eigenvalue weighted by Gasteiger charge is -2.45. The molecule has 222 valence electrons. The Hall–Kier alpha value is -3.99. The topological polar surface area (TPSA) is 97.0 Å². The highest BCUT2D eigenvalue weighted by Gasteiger charge is 2.44. The molecule has 0 heterocycles. The van der Waals surface area contributed by atoms with Gasteiger partial charge in [-0.2, -0.15) is 0 Å². The lowest BCUT2D eigenvalue weighted by Crippen LogP contribution is -2.60. The zero-order valence-corrected chi connectivity index (χ0v) is 25.8. The van der Waals surface area contributed by atoms with Gasteiger partial charge in [-0.1, -0.05) is 51.3 Å². The molecule has 2 N–H and O–H groups in total. The van der Waals surface area contributed by atoms with Crippen LogP contribution in [0.15, 0.2) is 48.5 Å². The molecule has 0 aliphatic heterocycles. The third-order valence-electron chi connectivity index (χ3n) is 7.18. The molecule has 0 aromatic heterocycles. The fourth-order valence-corrected chi connectivity index (χ4v) is 4.36. The number of carbonyl (C=O) groups excluding carboxylic acids is 3. The minimum atomic E-state index is -1.10. The summed E-state index contributed by atoms with van der Waals surface area (Å²) in [6, 6.07) is 12.0. The van der Waals surface area contributed by atoms with Crippen LogP contribution in [0.25, 0.3) is 0 Å². The van der Waals surface area contributed by atoms with Gasteiger partial charge in [0.2, 0.25) is 5.91 Å². The zero-order valence-electron chi connectivity index (χ0n) is 25.8. The van der Waals surface area contributed by atoms with Crippen LogP contribution in [0.5, 0.6) is 5.75 Å². The van der Waals surface area contributed by atoms with Gasteiger partial charge in [-0.25, -0.2) is 4.79 Å². The first-order chi connectivity index (χ1) is 19.2. The fourth-order valence-electron chi connectivity index (χ4n) is 4.36. The third-order valence-corrected chi connectivity index (χ3v) is 7.18. The highest BCUT2D eigenvalue weighted by molar-refractivity contribution is 5.99. The van der Waals surface area contributed by atoms with Gasteiger partial charge in [0.25, 0.3) is 5.91 Å². The van der Waals surface area contributed by atoms with Gasteiger partial charge in [-0.3, -0.25) is 9.59 Å². The van der Waals surface area contributed by atoms with Crippen molar-refractivity contribution in [2.75, 3.05) is 12.4 Å². The molecule has 8 nitrogen and oxygen atoms in total. The molecule has 3 unspecified atom stereocenters. The molecular weight excluding hydrogens is 518 g/mol. The van der Waals surface area contributed by atoms with Crippen LogP contribution in [0.4, 0.5) is 10.5 Å². The van der Waals surface area contributed by atoms with Crippen LogP contribution in [0.2, 0.25) is 0 Å². The normalized spacial score (nSPS) is 13.7. The summed E-state index contributed by atoms with van der Waals surface area (Å²) < 4.78 is 10.7. The SMILES string of the molecule is C#Cc1ccccc1C(C(=O)Nc1ccc(OC)cc1)N(C(=O)C(NC(=O)OC(C)(C)C)C(C)CC)C(C)(C)CC. The van der Waals surface area contributed by atoms with E-state index in [0.717, 1.165) is 0 Å². The maximum atomic E-state index is 14.6. The van der Waals surface area contributed by atoms with Gasteiger partial charge in [0.15, 0.2) is 0 Å². The van der Waals surface area contributed by atoms with Crippen molar-refractivity contribution >= 4 is 23.6 Å². The molecule has 0 saturated carbocycles. The number of carbonyl (C=O) groups is 3. The van der Waals surface area contributed by atoms with E-state index in [2.05, 4.69) is 16.6 Å². The molecule has 0 saturated heterocycles. The Balaban J connectivity index is 2.71. The average molecular weight is 564 g/mol. The Morgan fingerprint density at radius 2 is 1.61 bits per heavy atom. The van der Waals surface area contributed by atoms with Crippen LogP contribution in [0.3, 0.4) is 0 Å². The van der Waals surface area contributed by atoms with E-state index in [1.807, 2.05) is 34.6 Å². The van der Waals surface area contributed by atoms with Crippen molar-refractivity contribution in [2.45, 2.75) is 91.5 Å². The van der Waals surface area contributed by atoms with Gasteiger partial charge in [-0.15, -0.1) is 6.42 Å². The Morgan fingerprint density at radius 3 is 2.12 bits per heavy atom. The van der Waals surface area contributed by atoms with E-state index in [4.69, 9.17) is 15.9 Å². The number of amides is 3. The number of methoxy groups -OCH3 is 1. The summed E-state index contributed by atoms with van der Waals surface area (Å²) in [4.78, 5) is 43.3. The van der Waals surface area contributed by atoms with E-state index in [0.29, 0.717) is 35.4 Å². The molecule has 0 fully saturated rings. The van der Waals surface area contributed by atoms with Crippen molar-refractivity contribution in [2.24, 2.45) is 5.92 Å². The summed E-state index contributed by atoms with van der Waals surface area (Å²) >= 11 is 0. The second kappa shape index (κ2) is 14.1. The summed E-state index contributed by atoms with van der Waals surface area (Å²) in [5.74, 6) is 2.22. The third kappa shape index (κ3) is 8.75. The van der Waals surface area contributed by atoms with Crippen LogP contribution in [-0.4, -0.2) is 47.1 Å². The number of hydrogen-bond acceptors (Lipinski definition) is 5. The number of alkyl carbamates (subject to hydrolysis) is 1. The van der Waals surface area contributed by atoms with Crippen molar-refractivity contribution in [1.82, 2.24) is 10.2 Å². The molecule has 2 aromatic rings. The predicted octanol–water partition coefficient (Wildman–Crippen LogP) is 6.31. The van der Waals surface area contributed by atoms with Crippen molar-refractivity contribution in [3.63, 3.8) is 0 Å². The minimum absolute atomic E-state index is 0.252. The first-order valence-electron chi connectivity index (χ1n) is 14.0. The van der Waals surface area contributed by atoms with Gasteiger partial charge < -0.3 is 25.0 Å². The van der Waals surface area contributed by atoms with E-state index < -0.39 is 41.1 Å². The number of benzene rings is 2. The first kappa shape index (κ1) is 33.2. The molecule has 8 heteroatoms. The summed E-state index contributed by atoms with van der Waals surface area (Å²) in [7, 11) is 1.57. The first-order valence-corrected chi connectivity index (χ1v) is 14.0. The smallest absolute Gasteiger partial charge is 0.408 e. The highest BCUT2D eigenvalue weighted by atomic mass is 16.6. The number of terminal acetylenes is 1. The lowest BCUT2D eigenvalue weighted by molar-refractivity contribution is -0.148. The van der Waals surface area contributed by atoms with E-state index in [1.54, 1.807) is 81.3 Å². The number of rotatable bonds is 11. The van der Waals surface area contributed by atoms with Crippen LogP contribution < -0.4 is 15.4 Å². The van der Waals surface area contributed by atoms with Gasteiger partial charge >= 0.3 is 6.09 Å². The molecule has 0 radical (unpaired) electrons. The number of anilines is 1. The molecule has 3 amide bonds. The number of nitrogens with one attached hydrogen (secondary N) is 2. The molecule has 2 aromatic carbocycles. The Labute approximate surface area is 245 Å². The van der Waals surface area contributed by atoms with E-state index in [1.165, 1.54) is 0 Å². The van der Waals surface area contributed by atoms with Gasteiger partial charge in [0.1, 0.15) is 23.4 Å². The average Bonchev–Trinajstić information content (AvgIpc) is 2.93. The summed E-state index contributed by atoms with van der Waals surface area (Å²) in [6.07, 6.45) is 6.31. The Kier molecular flexibility index (Phi) is 11.4. The zero-order chi connectivity index (χ0) is 31.0. The summed E-state index contributed by atoms with van der Waals surface area (Å²) in [5.41, 5.74) is -0.0151. The summed E-state index contributed by atoms with van der Waals surface area (Å²) in [5, 5.41) is 5.76. The van der Waals surface area contributed by atoms with Crippen LogP contribution in [-0.2, 0) is 14.3 Å². The Bertz CT molecular complexity index is 1240. The van der Waals surface area contributed by atoms with Crippen molar-refractivity contribution < 1.29 is 23.9 Å². The maximum Gasteiger partial charge on any atom is 0.408 e. The highest BCUT2D eigenvalue weighted by Crippen LogP contribution is 2.35. The van der Waals surface area contributed by atoms with Crippen molar-refractivity contribution in [1.29, 1.82) is 0 Å². The molecule has 0 bridgehead atoms. The maximum absolute atomic E-state index is 14.6. The largest absolute Gasteiger partial charge is 0.497 e. The fraction of sp³-hybridized carbons (Fsp3) is 0.485. The minimum Gasteiger partial charge on any atom is -0.497 e. The van der Waals surface area contributed by atoms with Gasteiger partial charge in [0, 0.05) is 16.8 Å². The van der Waals surface area contributed by atoms with E-state index in [-0.39, 0.29) is 5.92 Å². The number of ether oxygens (including phenoxy) is 2. The van der Waals surface area contributed by atoms with Gasteiger partial charge in [-0.05, 0) is 82.9 Å². The van der Waals surface area contributed by atoms with Crippen LogP contribution in [0.1, 0.15) is 85.4 Å². The molecule has 3 atom stereocenters. The van der Waals surface area contributed by atoms with E-state index in [9.17, 15) is 14.4 Å². The predicted molar refractivity (Wildman–Crippen MR) is 163 cm³/mol. The monoisotopic (exact) mass is 563 g/mol. The lowest BCUT2D eigenvalue weighted by atomic mass is 9.88. The quantitative estimate of drug-likeness (QED) is 0.312. The molecule has 0 spiro atoms. The number of hydrogen-bond donors (Lipinski definition) is 2. The molecule has 0 aliphatic rings. The standard InChI is InChI=1S/C33H45N3O5/c1-11-22(4)27(35-31(39)41-32(5,6)7)30(38)36(33(8,9)13-3)28(26-17-15-14-16-23(26)12-2)29(37)34-24-18-20-25(40-10)21-19-24/h2,14-22,27-28H,11,13H2,1,3-10H3,(H,34,37)(H,35,39). The van der Waals surface area contributed by atoms with Crippen LogP contribution >= 0.6 is 0 Å². The number of nitrogens with zero attached hydrogens (tertiary/aromatic N) is 1. The second-order valence-corrected chi connectivity index (χ2v) is 11.7. The molecular formula is C33H45N3O5. The van der Waals surface area contributed by atoms with E-state index >= 15 is 0 Å². The second-order valence-electron chi connectivity index (χ2n) is 11.7. The summed E-state index contributed by atoms with van der Waals surface area (Å²) in [6.45, 7) is 14.9. The van der Waals surface area contributed by atoms with Gasteiger partial charge in [0.05, 0.1) is 7.11 Å². The van der Waals surface area contributed by atoms with Crippen molar-refractivity contribution in [3.8, 4) is 18.1 Å². The molecule has 0 aliphatic carbocycles. The van der Waals surface area contributed by atoms with Crippen LogP contribution in [0, 0.1) is 18.3 Å². The van der Waals surface area contributed by atoms with Crippen molar-refractivity contribution in [3.05, 3.63) is 59.7 Å². The Morgan fingerprint density at radius 1 is 1.00 bits per heavy atom. The molecule has 2 rings (SSSR count). The molecule has 41 heavy (non-hydrogen) atoms.